The highest BCUT2D eigenvalue weighted by Crippen LogP contribution is 2.13. The van der Waals surface area contributed by atoms with Crippen molar-refractivity contribution in [1.82, 2.24) is 10.2 Å². The summed E-state index contributed by atoms with van der Waals surface area (Å²) in [5.41, 5.74) is 0. The zero-order chi connectivity index (χ0) is 12.6. The van der Waals surface area contributed by atoms with Crippen LogP contribution in [0.2, 0.25) is 0 Å². The van der Waals surface area contributed by atoms with E-state index in [9.17, 15) is 14.4 Å². The number of hydrogen-bond acceptors (Lipinski definition) is 4. The summed E-state index contributed by atoms with van der Waals surface area (Å²) in [4.78, 5) is 35.8. The van der Waals surface area contributed by atoms with Gasteiger partial charge in [0.25, 0.3) is 5.91 Å². The van der Waals surface area contributed by atoms with Gasteiger partial charge in [-0.1, -0.05) is 0 Å². The van der Waals surface area contributed by atoms with Crippen LogP contribution in [-0.4, -0.2) is 35.2 Å². The fourth-order valence-corrected chi connectivity index (χ4v) is 1.65. The minimum atomic E-state index is -0.675. The Morgan fingerprint density at radius 3 is 2.76 bits per heavy atom. The normalized spacial score (nSPS) is 20.4. The first-order chi connectivity index (χ1) is 7.99. The number of aryl methyl sites for hydroxylation is 1. The van der Waals surface area contributed by atoms with Gasteiger partial charge in [0.2, 0.25) is 11.8 Å². The maximum Gasteiger partial charge on any atom is 0.290 e. The summed E-state index contributed by atoms with van der Waals surface area (Å²) >= 11 is 0. The number of carbonyl (C=O) groups is 3. The van der Waals surface area contributed by atoms with E-state index in [1.54, 1.807) is 19.9 Å². The molecule has 90 valence electrons. The van der Waals surface area contributed by atoms with Crippen LogP contribution in [0, 0.1) is 6.92 Å². The monoisotopic (exact) mass is 236 g/mol. The molecule has 2 heterocycles. The van der Waals surface area contributed by atoms with E-state index in [-0.39, 0.29) is 12.3 Å². The molecular weight excluding hydrogens is 224 g/mol. The van der Waals surface area contributed by atoms with Gasteiger partial charge in [-0.3, -0.25) is 19.7 Å². The number of imide groups is 1. The largest absolute Gasteiger partial charge is 0.456 e. The molecule has 1 aliphatic rings. The Bertz CT molecular complexity index is 491. The number of rotatable bonds is 1. The molecule has 1 aromatic rings. The molecular formula is C11H12N2O4. The molecule has 0 spiro atoms. The lowest BCUT2D eigenvalue weighted by atomic mass is 10.2. The van der Waals surface area contributed by atoms with Crippen LogP contribution in [0.15, 0.2) is 16.5 Å². The minimum absolute atomic E-state index is 0.133. The first kappa shape index (κ1) is 11.4. The molecule has 0 aromatic carbocycles. The van der Waals surface area contributed by atoms with Crippen molar-refractivity contribution in [3.63, 3.8) is 0 Å². The molecule has 6 nitrogen and oxygen atoms in total. The molecule has 1 aliphatic heterocycles. The van der Waals surface area contributed by atoms with Crippen molar-refractivity contribution in [3.8, 4) is 0 Å². The second-order valence-electron chi connectivity index (χ2n) is 3.93. The average Bonchev–Trinajstić information content (AvgIpc) is 2.69. The van der Waals surface area contributed by atoms with Gasteiger partial charge in [0.05, 0.1) is 0 Å². The summed E-state index contributed by atoms with van der Waals surface area (Å²) < 4.78 is 5.18. The second-order valence-corrected chi connectivity index (χ2v) is 3.93. The maximum atomic E-state index is 12.0. The van der Waals surface area contributed by atoms with Gasteiger partial charge in [0, 0.05) is 0 Å². The van der Waals surface area contributed by atoms with Crippen LogP contribution < -0.4 is 5.32 Å². The zero-order valence-electron chi connectivity index (χ0n) is 9.52. The Hall–Kier alpha value is -2.11. The third kappa shape index (κ3) is 2.06. The molecule has 1 saturated heterocycles. The smallest absolute Gasteiger partial charge is 0.290 e. The Kier molecular flexibility index (Phi) is 2.71. The number of nitrogens with one attached hydrogen (secondary N) is 1. The van der Waals surface area contributed by atoms with E-state index >= 15 is 0 Å². The lowest BCUT2D eigenvalue weighted by molar-refractivity contribution is -0.138. The van der Waals surface area contributed by atoms with Crippen LogP contribution in [-0.2, 0) is 9.59 Å². The molecule has 17 heavy (non-hydrogen) atoms. The molecule has 0 bridgehead atoms. The molecule has 3 amide bonds. The average molecular weight is 236 g/mol. The molecule has 6 heteroatoms. The number of carbonyl (C=O) groups excluding carboxylic acids is 3. The first-order valence-corrected chi connectivity index (χ1v) is 5.20. The summed E-state index contributed by atoms with van der Waals surface area (Å²) in [5, 5.41) is 2.17. The molecule has 1 atom stereocenters. The van der Waals surface area contributed by atoms with Crippen LogP contribution in [0.1, 0.15) is 23.2 Å². The number of piperazine rings is 1. The summed E-state index contributed by atoms with van der Waals surface area (Å²) in [6.45, 7) is 3.15. The van der Waals surface area contributed by atoms with Crippen LogP contribution in [0.4, 0.5) is 0 Å². The highest BCUT2D eigenvalue weighted by atomic mass is 16.3. The highest BCUT2D eigenvalue weighted by Gasteiger charge is 2.34. The summed E-state index contributed by atoms with van der Waals surface area (Å²) in [6, 6.07) is 2.51. The van der Waals surface area contributed by atoms with Crippen LogP contribution in [0.25, 0.3) is 0 Å². The molecule has 0 saturated carbocycles. The van der Waals surface area contributed by atoms with Gasteiger partial charge in [0.1, 0.15) is 18.3 Å². The zero-order valence-corrected chi connectivity index (χ0v) is 9.52. The van der Waals surface area contributed by atoms with Gasteiger partial charge >= 0.3 is 0 Å². The third-order valence-corrected chi connectivity index (χ3v) is 2.64. The predicted molar refractivity (Wildman–Crippen MR) is 57.1 cm³/mol. The quantitative estimate of drug-likeness (QED) is 0.700. The number of nitrogens with zero attached hydrogens (tertiary/aromatic N) is 1. The Labute approximate surface area is 97.6 Å². The lowest BCUT2D eigenvalue weighted by Crippen LogP contribution is -2.58. The van der Waals surface area contributed by atoms with Crippen molar-refractivity contribution in [3.05, 3.63) is 23.7 Å². The van der Waals surface area contributed by atoms with Crippen molar-refractivity contribution >= 4 is 17.7 Å². The van der Waals surface area contributed by atoms with Crippen molar-refractivity contribution in [2.75, 3.05) is 6.54 Å². The molecule has 0 aliphatic carbocycles. The first-order valence-electron chi connectivity index (χ1n) is 5.20. The van der Waals surface area contributed by atoms with Gasteiger partial charge in [-0.2, -0.15) is 0 Å². The molecule has 1 unspecified atom stereocenters. The Morgan fingerprint density at radius 2 is 2.18 bits per heavy atom. The Morgan fingerprint density at radius 1 is 1.47 bits per heavy atom. The SMILES string of the molecule is Cc1ccc(C(=O)N2CC(=O)NC(=O)C2C)o1. The van der Waals surface area contributed by atoms with E-state index in [4.69, 9.17) is 4.42 Å². The molecule has 1 aromatic heterocycles. The molecule has 0 radical (unpaired) electrons. The van der Waals surface area contributed by atoms with Gasteiger partial charge in [0.15, 0.2) is 5.76 Å². The number of furan rings is 1. The van der Waals surface area contributed by atoms with Gasteiger partial charge in [-0.15, -0.1) is 0 Å². The second kappa shape index (κ2) is 4.04. The van der Waals surface area contributed by atoms with Gasteiger partial charge in [-0.05, 0) is 26.0 Å². The summed E-state index contributed by atoms with van der Waals surface area (Å²) in [7, 11) is 0. The van der Waals surface area contributed by atoms with Crippen LogP contribution >= 0.6 is 0 Å². The topological polar surface area (TPSA) is 79.6 Å². The summed E-state index contributed by atoms with van der Waals surface area (Å²) in [5.74, 6) is -0.665. The number of amides is 3. The van der Waals surface area contributed by atoms with E-state index in [2.05, 4.69) is 5.32 Å². The van der Waals surface area contributed by atoms with Crippen LogP contribution in [0.5, 0.6) is 0 Å². The van der Waals surface area contributed by atoms with Crippen molar-refractivity contribution < 1.29 is 18.8 Å². The van der Waals surface area contributed by atoms with E-state index in [1.165, 1.54) is 11.0 Å². The van der Waals surface area contributed by atoms with Crippen molar-refractivity contribution in [2.24, 2.45) is 0 Å². The lowest BCUT2D eigenvalue weighted by Gasteiger charge is -2.30. The number of hydrogen-bond donors (Lipinski definition) is 1. The standard InChI is InChI=1S/C11H12N2O4/c1-6-3-4-8(17-6)11(16)13-5-9(14)12-10(15)7(13)2/h3-4,7H,5H2,1-2H3,(H,12,14,15). The van der Waals surface area contributed by atoms with E-state index in [1.807, 2.05) is 0 Å². The highest BCUT2D eigenvalue weighted by molar-refractivity contribution is 6.06. The van der Waals surface area contributed by atoms with Gasteiger partial charge in [-0.25, -0.2) is 0 Å². The van der Waals surface area contributed by atoms with Crippen molar-refractivity contribution in [1.29, 1.82) is 0 Å². The van der Waals surface area contributed by atoms with Gasteiger partial charge < -0.3 is 9.32 Å². The Balaban J connectivity index is 2.24. The predicted octanol–water partition coefficient (Wildman–Crippen LogP) is 0.0751. The third-order valence-electron chi connectivity index (χ3n) is 2.64. The van der Waals surface area contributed by atoms with Crippen molar-refractivity contribution in [2.45, 2.75) is 19.9 Å². The fraction of sp³-hybridized carbons (Fsp3) is 0.364. The van der Waals surface area contributed by atoms with E-state index < -0.39 is 23.8 Å². The minimum Gasteiger partial charge on any atom is -0.456 e. The van der Waals surface area contributed by atoms with E-state index in [0.717, 1.165) is 0 Å². The molecule has 1 fully saturated rings. The molecule has 2 rings (SSSR count). The maximum absolute atomic E-state index is 12.0. The van der Waals surface area contributed by atoms with Crippen LogP contribution in [0.3, 0.4) is 0 Å². The van der Waals surface area contributed by atoms with E-state index in [0.29, 0.717) is 5.76 Å². The molecule has 1 N–H and O–H groups in total. The summed E-state index contributed by atoms with van der Waals surface area (Å²) in [6.07, 6.45) is 0. The fourth-order valence-electron chi connectivity index (χ4n) is 1.65.